The lowest BCUT2D eigenvalue weighted by Gasteiger charge is -2.10. The van der Waals surface area contributed by atoms with Gasteiger partial charge in [-0.2, -0.15) is 9.37 Å². The number of anilines is 1. The molecule has 0 saturated carbocycles. The maximum Gasteiger partial charge on any atom is 0.260 e. The van der Waals surface area contributed by atoms with E-state index in [4.69, 9.17) is 4.74 Å². The van der Waals surface area contributed by atoms with Crippen LogP contribution in [0.5, 0.6) is 11.6 Å². The molecule has 6 heteroatoms. The highest BCUT2D eigenvalue weighted by molar-refractivity contribution is 7.98. The van der Waals surface area contributed by atoms with E-state index in [1.165, 1.54) is 11.8 Å². The highest BCUT2D eigenvalue weighted by Gasteiger charge is 2.11. The Bertz CT molecular complexity index is 580. The monoisotopic (exact) mass is 293 g/mol. The number of thioether (sulfide) groups is 1. The quantitative estimate of drug-likeness (QED) is 0.817. The van der Waals surface area contributed by atoms with Crippen molar-refractivity contribution in [2.45, 2.75) is 18.2 Å². The number of halogens is 1. The van der Waals surface area contributed by atoms with Crippen LogP contribution in [0.2, 0.25) is 0 Å². The fraction of sp³-hybridized carbons (Fsp3) is 0.286. The van der Waals surface area contributed by atoms with Gasteiger partial charge < -0.3 is 10.1 Å². The van der Waals surface area contributed by atoms with Gasteiger partial charge in [0.05, 0.1) is 6.20 Å². The van der Waals surface area contributed by atoms with Gasteiger partial charge in [-0.3, -0.25) is 0 Å². The minimum absolute atomic E-state index is 0.0693. The number of ether oxygens (including phenoxy) is 1. The molecule has 0 aliphatic heterocycles. The summed E-state index contributed by atoms with van der Waals surface area (Å²) in [5, 5.41) is 3.00. The average Bonchev–Trinajstić information content (AvgIpc) is 2.48. The predicted molar refractivity (Wildman–Crippen MR) is 79.1 cm³/mol. The van der Waals surface area contributed by atoms with Crippen molar-refractivity contribution in [3.8, 4) is 11.6 Å². The molecule has 0 amide bonds. The summed E-state index contributed by atoms with van der Waals surface area (Å²) >= 11 is 1.53. The molecule has 0 saturated heterocycles. The maximum atomic E-state index is 13.7. The Hall–Kier alpha value is -1.82. The normalized spacial score (nSPS) is 10.3. The molecule has 20 heavy (non-hydrogen) atoms. The molecule has 2 aromatic rings. The Kier molecular flexibility index (Phi) is 5.17. The third-order valence-electron chi connectivity index (χ3n) is 2.52. The van der Waals surface area contributed by atoms with Crippen LogP contribution >= 0.6 is 11.8 Å². The zero-order chi connectivity index (χ0) is 14.4. The van der Waals surface area contributed by atoms with Crippen molar-refractivity contribution in [2.24, 2.45) is 0 Å². The van der Waals surface area contributed by atoms with E-state index >= 15 is 0 Å². The molecule has 0 aliphatic carbocycles. The molecule has 0 radical (unpaired) electrons. The number of aromatic nitrogens is 2. The number of nitrogens with zero attached hydrogens (tertiary/aromatic N) is 2. The summed E-state index contributed by atoms with van der Waals surface area (Å²) in [5.41, 5.74) is 0. The second-order valence-corrected chi connectivity index (χ2v) is 4.87. The third-order valence-corrected chi connectivity index (χ3v) is 3.30. The van der Waals surface area contributed by atoms with Crippen LogP contribution in [-0.2, 0) is 0 Å². The van der Waals surface area contributed by atoms with E-state index in [0.717, 1.165) is 24.1 Å². The minimum Gasteiger partial charge on any atom is -0.435 e. The lowest BCUT2D eigenvalue weighted by atomic mass is 10.3. The van der Waals surface area contributed by atoms with Crippen LogP contribution in [0.1, 0.15) is 13.3 Å². The van der Waals surface area contributed by atoms with Crippen molar-refractivity contribution in [1.82, 2.24) is 9.97 Å². The van der Waals surface area contributed by atoms with Gasteiger partial charge in [-0.05, 0) is 24.8 Å². The highest BCUT2D eigenvalue weighted by atomic mass is 32.2. The zero-order valence-corrected chi connectivity index (χ0v) is 12.2. The molecule has 1 aromatic carbocycles. The van der Waals surface area contributed by atoms with Gasteiger partial charge in [0.15, 0.2) is 0 Å². The summed E-state index contributed by atoms with van der Waals surface area (Å²) in [6.45, 7) is 2.76. The predicted octanol–water partition coefficient (Wildman–Crippen LogP) is 3.95. The van der Waals surface area contributed by atoms with Gasteiger partial charge >= 0.3 is 0 Å². The Morgan fingerprint density at radius 3 is 2.90 bits per heavy atom. The number of benzene rings is 1. The molecule has 0 bridgehead atoms. The largest absolute Gasteiger partial charge is 0.435 e. The average molecular weight is 293 g/mol. The number of hydrogen-bond acceptors (Lipinski definition) is 5. The molecule has 1 heterocycles. The molecule has 0 atom stereocenters. The van der Waals surface area contributed by atoms with E-state index in [1.54, 1.807) is 6.07 Å². The van der Waals surface area contributed by atoms with Crippen molar-refractivity contribution in [1.29, 1.82) is 0 Å². The molecule has 1 aromatic heterocycles. The van der Waals surface area contributed by atoms with Crippen molar-refractivity contribution in [3.05, 3.63) is 36.3 Å². The summed E-state index contributed by atoms with van der Waals surface area (Å²) in [7, 11) is 0. The first-order valence-corrected chi connectivity index (χ1v) is 7.54. The Morgan fingerprint density at radius 1 is 1.35 bits per heavy atom. The molecule has 4 nitrogen and oxygen atoms in total. The molecule has 2 rings (SSSR count). The standard InChI is InChI=1S/C14H16FN3OS/c1-3-8-16-14-17-9-10(15)13(18-14)19-11-6-4-5-7-12(11)20-2/h4-7,9H,3,8H2,1-2H3,(H,16,17,18). The molecule has 0 fully saturated rings. The van der Waals surface area contributed by atoms with Crippen LogP contribution < -0.4 is 10.1 Å². The number of rotatable bonds is 6. The van der Waals surface area contributed by atoms with Crippen LogP contribution in [0.4, 0.5) is 10.3 Å². The zero-order valence-electron chi connectivity index (χ0n) is 11.4. The Morgan fingerprint density at radius 2 is 2.15 bits per heavy atom. The molecule has 0 spiro atoms. The highest BCUT2D eigenvalue weighted by Crippen LogP contribution is 2.31. The van der Waals surface area contributed by atoms with Crippen molar-refractivity contribution < 1.29 is 9.13 Å². The maximum absolute atomic E-state index is 13.7. The first kappa shape index (κ1) is 14.6. The minimum atomic E-state index is -0.581. The lowest BCUT2D eigenvalue weighted by molar-refractivity contribution is 0.413. The van der Waals surface area contributed by atoms with Gasteiger partial charge in [0.1, 0.15) is 5.75 Å². The van der Waals surface area contributed by atoms with Crippen LogP contribution in [-0.4, -0.2) is 22.8 Å². The summed E-state index contributed by atoms with van der Waals surface area (Å²) in [6, 6.07) is 7.44. The SMILES string of the molecule is CCCNc1ncc(F)c(Oc2ccccc2SC)n1. The first-order valence-electron chi connectivity index (χ1n) is 6.32. The van der Waals surface area contributed by atoms with E-state index in [2.05, 4.69) is 15.3 Å². The first-order chi connectivity index (χ1) is 9.74. The smallest absolute Gasteiger partial charge is 0.260 e. The molecule has 1 N–H and O–H groups in total. The van der Waals surface area contributed by atoms with Crippen molar-refractivity contribution >= 4 is 17.7 Å². The van der Waals surface area contributed by atoms with Gasteiger partial charge in [-0.15, -0.1) is 11.8 Å². The van der Waals surface area contributed by atoms with Crippen LogP contribution in [0.15, 0.2) is 35.4 Å². The van der Waals surface area contributed by atoms with Crippen LogP contribution in [0.3, 0.4) is 0 Å². The van der Waals surface area contributed by atoms with Crippen molar-refractivity contribution in [3.63, 3.8) is 0 Å². The Labute approximate surface area is 121 Å². The van der Waals surface area contributed by atoms with Gasteiger partial charge in [0.25, 0.3) is 5.88 Å². The summed E-state index contributed by atoms with van der Waals surface area (Å²) in [4.78, 5) is 8.85. The van der Waals surface area contributed by atoms with E-state index < -0.39 is 5.82 Å². The second-order valence-electron chi connectivity index (χ2n) is 4.03. The fourth-order valence-electron chi connectivity index (χ4n) is 1.55. The topological polar surface area (TPSA) is 47.0 Å². The number of para-hydroxylation sites is 1. The number of nitrogens with one attached hydrogen (secondary N) is 1. The van der Waals surface area contributed by atoms with Crippen molar-refractivity contribution in [2.75, 3.05) is 18.1 Å². The fourth-order valence-corrected chi connectivity index (χ4v) is 2.08. The van der Waals surface area contributed by atoms with E-state index in [-0.39, 0.29) is 5.88 Å². The van der Waals surface area contributed by atoms with E-state index in [0.29, 0.717) is 11.7 Å². The summed E-state index contributed by atoms with van der Waals surface area (Å²) < 4.78 is 19.3. The van der Waals surface area contributed by atoms with Gasteiger partial charge in [-0.1, -0.05) is 19.1 Å². The molecular formula is C14H16FN3OS. The second kappa shape index (κ2) is 7.09. The van der Waals surface area contributed by atoms with Gasteiger partial charge in [0, 0.05) is 11.4 Å². The number of hydrogen-bond donors (Lipinski definition) is 1. The summed E-state index contributed by atoms with van der Waals surface area (Å²) in [6.07, 6.45) is 3.99. The third kappa shape index (κ3) is 3.60. The van der Waals surface area contributed by atoms with Gasteiger partial charge in [0.2, 0.25) is 11.8 Å². The molecule has 0 aliphatic rings. The van der Waals surface area contributed by atoms with Gasteiger partial charge in [-0.25, -0.2) is 4.98 Å². The summed E-state index contributed by atoms with van der Waals surface area (Å²) in [5.74, 6) is 0.298. The molecular weight excluding hydrogens is 277 g/mol. The van der Waals surface area contributed by atoms with Crippen LogP contribution in [0.25, 0.3) is 0 Å². The van der Waals surface area contributed by atoms with E-state index in [9.17, 15) is 4.39 Å². The Balaban J connectivity index is 2.23. The molecule has 0 unspecified atom stereocenters. The lowest BCUT2D eigenvalue weighted by Crippen LogP contribution is -2.06. The van der Waals surface area contributed by atoms with Crippen LogP contribution in [0, 0.1) is 5.82 Å². The molecule has 106 valence electrons. The van der Waals surface area contributed by atoms with E-state index in [1.807, 2.05) is 31.4 Å².